The molecule has 4 heteroatoms. The van der Waals surface area contributed by atoms with Crippen LogP contribution in [-0.2, 0) is 11.2 Å². The number of hydrogen-bond donors (Lipinski definition) is 3. The Bertz CT molecular complexity index is 516. The third-order valence-corrected chi connectivity index (χ3v) is 2.49. The van der Waals surface area contributed by atoms with E-state index < -0.39 is 0 Å². The summed E-state index contributed by atoms with van der Waals surface area (Å²) >= 11 is 0. The third-order valence-electron chi connectivity index (χ3n) is 2.49. The van der Waals surface area contributed by atoms with E-state index in [-0.39, 0.29) is 5.91 Å². The molecule has 84 valence electrons. The number of nitrogens with one attached hydrogen (secondary N) is 2. The van der Waals surface area contributed by atoms with E-state index in [0.717, 1.165) is 23.2 Å². The van der Waals surface area contributed by atoms with Crippen LogP contribution in [0.3, 0.4) is 0 Å². The van der Waals surface area contributed by atoms with Gasteiger partial charge in [-0.25, -0.2) is 0 Å². The lowest BCUT2D eigenvalue weighted by atomic mass is 10.1. The standard InChI is InChI=1S/C12H15N3O/c1-8(16)15-10-6-9(2-4-13)11-3-5-14-12(11)7-10/h3,5-7,14H,2,4,13H2,1H3,(H,15,16). The number of carbonyl (C=O) groups is 1. The number of aromatic nitrogens is 1. The lowest BCUT2D eigenvalue weighted by Gasteiger charge is -2.07. The first-order valence-electron chi connectivity index (χ1n) is 5.28. The lowest BCUT2D eigenvalue weighted by Crippen LogP contribution is -2.07. The molecular weight excluding hydrogens is 202 g/mol. The van der Waals surface area contributed by atoms with Crippen LogP contribution in [0.2, 0.25) is 0 Å². The lowest BCUT2D eigenvalue weighted by molar-refractivity contribution is -0.114. The Hall–Kier alpha value is -1.81. The van der Waals surface area contributed by atoms with Crippen molar-refractivity contribution in [2.75, 3.05) is 11.9 Å². The van der Waals surface area contributed by atoms with Crippen LogP contribution in [0.25, 0.3) is 10.9 Å². The van der Waals surface area contributed by atoms with Crippen molar-refractivity contribution >= 4 is 22.5 Å². The van der Waals surface area contributed by atoms with Crippen molar-refractivity contribution < 1.29 is 4.79 Å². The Balaban J connectivity index is 2.48. The summed E-state index contributed by atoms with van der Waals surface area (Å²) in [5, 5.41) is 3.95. The molecule has 0 saturated carbocycles. The maximum atomic E-state index is 11.0. The first kappa shape index (κ1) is 10.7. The van der Waals surface area contributed by atoms with Crippen molar-refractivity contribution in [3.05, 3.63) is 30.0 Å². The van der Waals surface area contributed by atoms with E-state index in [4.69, 9.17) is 5.73 Å². The molecule has 0 bridgehead atoms. The predicted molar refractivity (Wildman–Crippen MR) is 65.4 cm³/mol. The number of aromatic amines is 1. The van der Waals surface area contributed by atoms with Crippen LogP contribution in [0.5, 0.6) is 0 Å². The number of anilines is 1. The summed E-state index contributed by atoms with van der Waals surface area (Å²) in [6.07, 6.45) is 2.70. The fraction of sp³-hybridized carbons (Fsp3) is 0.250. The average molecular weight is 217 g/mol. The highest BCUT2D eigenvalue weighted by atomic mass is 16.1. The van der Waals surface area contributed by atoms with Gasteiger partial charge in [-0.05, 0) is 36.7 Å². The zero-order valence-corrected chi connectivity index (χ0v) is 9.21. The van der Waals surface area contributed by atoms with Crippen molar-refractivity contribution in [2.24, 2.45) is 5.73 Å². The van der Waals surface area contributed by atoms with Gasteiger partial charge >= 0.3 is 0 Å². The van der Waals surface area contributed by atoms with Crippen LogP contribution in [0, 0.1) is 0 Å². The second-order valence-electron chi connectivity index (χ2n) is 3.79. The number of amides is 1. The molecule has 0 aliphatic heterocycles. The number of rotatable bonds is 3. The Kier molecular flexibility index (Phi) is 2.92. The number of nitrogens with two attached hydrogens (primary N) is 1. The van der Waals surface area contributed by atoms with E-state index in [1.165, 1.54) is 12.3 Å². The Morgan fingerprint density at radius 3 is 3.00 bits per heavy atom. The van der Waals surface area contributed by atoms with Gasteiger partial charge in [-0.15, -0.1) is 0 Å². The first-order chi connectivity index (χ1) is 7.70. The molecule has 0 unspecified atom stereocenters. The van der Waals surface area contributed by atoms with Gasteiger partial charge in [0.05, 0.1) is 0 Å². The number of H-pyrrole nitrogens is 1. The monoisotopic (exact) mass is 217 g/mol. The molecule has 4 N–H and O–H groups in total. The van der Waals surface area contributed by atoms with E-state index in [0.29, 0.717) is 6.54 Å². The van der Waals surface area contributed by atoms with E-state index in [1.807, 2.05) is 24.4 Å². The van der Waals surface area contributed by atoms with E-state index >= 15 is 0 Å². The van der Waals surface area contributed by atoms with Gasteiger partial charge in [-0.1, -0.05) is 0 Å². The summed E-state index contributed by atoms with van der Waals surface area (Å²) in [7, 11) is 0. The second kappa shape index (κ2) is 4.37. The minimum atomic E-state index is -0.0652. The summed E-state index contributed by atoms with van der Waals surface area (Å²) < 4.78 is 0. The molecule has 0 atom stereocenters. The molecular formula is C12H15N3O. The van der Waals surface area contributed by atoms with Gasteiger partial charge in [-0.2, -0.15) is 0 Å². The smallest absolute Gasteiger partial charge is 0.221 e. The molecule has 4 nitrogen and oxygen atoms in total. The van der Waals surface area contributed by atoms with E-state index in [2.05, 4.69) is 10.3 Å². The molecule has 2 rings (SSSR count). The summed E-state index contributed by atoms with van der Waals surface area (Å²) in [6, 6.07) is 5.93. The summed E-state index contributed by atoms with van der Waals surface area (Å²) in [5.41, 5.74) is 8.57. The molecule has 0 radical (unpaired) electrons. The van der Waals surface area contributed by atoms with Gasteiger partial charge in [0, 0.05) is 29.7 Å². The number of hydrogen-bond acceptors (Lipinski definition) is 2. The van der Waals surface area contributed by atoms with Crippen LogP contribution >= 0.6 is 0 Å². The normalized spacial score (nSPS) is 10.6. The number of fused-ring (bicyclic) bond motifs is 1. The van der Waals surface area contributed by atoms with Crippen LogP contribution < -0.4 is 11.1 Å². The van der Waals surface area contributed by atoms with Crippen molar-refractivity contribution in [3.63, 3.8) is 0 Å². The highest BCUT2D eigenvalue weighted by Crippen LogP contribution is 2.23. The molecule has 0 aliphatic carbocycles. The van der Waals surface area contributed by atoms with Gasteiger partial charge < -0.3 is 16.0 Å². The van der Waals surface area contributed by atoms with Crippen LogP contribution in [0.15, 0.2) is 24.4 Å². The molecule has 0 saturated heterocycles. The molecule has 1 amide bonds. The maximum Gasteiger partial charge on any atom is 0.221 e. The summed E-state index contributed by atoms with van der Waals surface area (Å²) in [4.78, 5) is 14.2. The van der Waals surface area contributed by atoms with E-state index in [9.17, 15) is 4.79 Å². The quantitative estimate of drug-likeness (QED) is 0.731. The second-order valence-corrected chi connectivity index (χ2v) is 3.79. The summed E-state index contributed by atoms with van der Waals surface area (Å²) in [5.74, 6) is -0.0652. The SMILES string of the molecule is CC(=O)Nc1cc(CCN)c2cc[nH]c2c1. The highest BCUT2D eigenvalue weighted by molar-refractivity contribution is 5.93. The van der Waals surface area contributed by atoms with Gasteiger partial charge in [0.2, 0.25) is 5.91 Å². The minimum Gasteiger partial charge on any atom is -0.361 e. The Morgan fingerprint density at radius 2 is 2.31 bits per heavy atom. The zero-order valence-electron chi connectivity index (χ0n) is 9.21. The van der Waals surface area contributed by atoms with Crippen molar-refractivity contribution in [1.29, 1.82) is 0 Å². The van der Waals surface area contributed by atoms with Crippen molar-refractivity contribution in [2.45, 2.75) is 13.3 Å². The van der Waals surface area contributed by atoms with Crippen LogP contribution in [0.1, 0.15) is 12.5 Å². The number of carbonyl (C=O) groups excluding carboxylic acids is 1. The topological polar surface area (TPSA) is 70.9 Å². The minimum absolute atomic E-state index is 0.0652. The molecule has 2 aromatic rings. The van der Waals surface area contributed by atoms with Crippen LogP contribution in [0.4, 0.5) is 5.69 Å². The Morgan fingerprint density at radius 1 is 1.50 bits per heavy atom. The van der Waals surface area contributed by atoms with Gasteiger partial charge in [0.1, 0.15) is 0 Å². The molecule has 0 fully saturated rings. The first-order valence-corrected chi connectivity index (χ1v) is 5.28. The van der Waals surface area contributed by atoms with Crippen molar-refractivity contribution in [1.82, 2.24) is 4.98 Å². The largest absolute Gasteiger partial charge is 0.361 e. The average Bonchev–Trinajstić information content (AvgIpc) is 2.65. The fourth-order valence-corrected chi connectivity index (χ4v) is 1.88. The van der Waals surface area contributed by atoms with Crippen molar-refractivity contribution in [3.8, 4) is 0 Å². The highest BCUT2D eigenvalue weighted by Gasteiger charge is 2.05. The third kappa shape index (κ3) is 2.06. The van der Waals surface area contributed by atoms with Gasteiger partial charge in [0.15, 0.2) is 0 Å². The summed E-state index contributed by atoms with van der Waals surface area (Å²) in [6.45, 7) is 2.10. The molecule has 1 aromatic carbocycles. The predicted octanol–water partition coefficient (Wildman–Crippen LogP) is 1.63. The zero-order chi connectivity index (χ0) is 11.5. The van der Waals surface area contributed by atoms with E-state index in [1.54, 1.807) is 0 Å². The van der Waals surface area contributed by atoms with Gasteiger partial charge in [0.25, 0.3) is 0 Å². The van der Waals surface area contributed by atoms with Gasteiger partial charge in [-0.3, -0.25) is 4.79 Å². The molecule has 1 aromatic heterocycles. The Labute approximate surface area is 93.8 Å². The molecule has 0 spiro atoms. The maximum absolute atomic E-state index is 11.0. The fourth-order valence-electron chi connectivity index (χ4n) is 1.88. The van der Waals surface area contributed by atoms with Crippen LogP contribution in [-0.4, -0.2) is 17.4 Å². The molecule has 0 aliphatic rings. The molecule has 16 heavy (non-hydrogen) atoms. The molecule has 1 heterocycles. The number of benzene rings is 1.